The Bertz CT molecular complexity index is 497. The van der Waals surface area contributed by atoms with Crippen molar-refractivity contribution in [3.63, 3.8) is 0 Å². The molecule has 1 N–H and O–H groups in total. The Morgan fingerprint density at radius 3 is 2.61 bits per heavy atom. The van der Waals surface area contributed by atoms with Gasteiger partial charge in [0, 0.05) is 19.1 Å². The van der Waals surface area contributed by atoms with Crippen LogP contribution in [0, 0.1) is 5.92 Å². The first kappa shape index (κ1) is 16.5. The molecule has 4 nitrogen and oxygen atoms in total. The molecule has 3 rings (SSSR count). The minimum atomic E-state index is 0.159. The summed E-state index contributed by atoms with van der Waals surface area (Å²) in [5.41, 5.74) is 1.17. The lowest BCUT2D eigenvalue weighted by molar-refractivity contribution is -0.127. The summed E-state index contributed by atoms with van der Waals surface area (Å²) in [6, 6.07) is 10.8. The smallest absolute Gasteiger partial charge is 0.224 e. The van der Waals surface area contributed by atoms with E-state index in [0.717, 1.165) is 25.9 Å². The second-order valence-corrected chi connectivity index (χ2v) is 7.07. The van der Waals surface area contributed by atoms with Crippen LogP contribution in [-0.4, -0.2) is 55.0 Å². The molecule has 1 unspecified atom stereocenters. The Hall–Kier alpha value is -1.39. The molecular formula is C19H29N3O. The molecule has 1 amide bonds. The van der Waals surface area contributed by atoms with Gasteiger partial charge in [-0.05, 0) is 57.9 Å². The lowest BCUT2D eigenvalue weighted by atomic mass is 9.93. The highest BCUT2D eigenvalue weighted by Gasteiger charge is 2.30. The number of benzene rings is 1. The van der Waals surface area contributed by atoms with Gasteiger partial charge in [0.1, 0.15) is 0 Å². The zero-order chi connectivity index (χ0) is 16.1. The van der Waals surface area contributed by atoms with E-state index in [-0.39, 0.29) is 11.8 Å². The summed E-state index contributed by atoms with van der Waals surface area (Å²) >= 11 is 0. The SMILES string of the molecule is CN1CCC(N2CCCC(C(=O)NCc3ccccc3)C2)CC1. The predicted octanol–water partition coefficient (Wildman–Crippen LogP) is 2.11. The minimum absolute atomic E-state index is 0.159. The van der Waals surface area contributed by atoms with Gasteiger partial charge in [-0.15, -0.1) is 0 Å². The number of likely N-dealkylation sites (tertiary alicyclic amines) is 2. The van der Waals surface area contributed by atoms with Crippen LogP contribution in [0.15, 0.2) is 30.3 Å². The molecular weight excluding hydrogens is 286 g/mol. The highest BCUT2D eigenvalue weighted by Crippen LogP contribution is 2.23. The average molecular weight is 315 g/mol. The third-order valence-corrected chi connectivity index (χ3v) is 5.34. The summed E-state index contributed by atoms with van der Waals surface area (Å²) in [5, 5.41) is 3.13. The van der Waals surface area contributed by atoms with Crippen molar-refractivity contribution in [1.29, 1.82) is 0 Å². The van der Waals surface area contributed by atoms with Crippen LogP contribution in [-0.2, 0) is 11.3 Å². The van der Waals surface area contributed by atoms with Crippen LogP contribution in [0.3, 0.4) is 0 Å². The second-order valence-electron chi connectivity index (χ2n) is 7.07. The highest BCUT2D eigenvalue weighted by molar-refractivity contribution is 5.78. The quantitative estimate of drug-likeness (QED) is 0.924. The van der Waals surface area contributed by atoms with E-state index in [4.69, 9.17) is 0 Å². The molecule has 126 valence electrons. The molecule has 1 aromatic carbocycles. The number of carbonyl (C=O) groups excluding carboxylic acids is 1. The Morgan fingerprint density at radius 1 is 1.13 bits per heavy atom. The van der Waals surface area contributed by atoms with E-state index in [1.807, 2.05) is 18.2 Å². The molecule has 2 saturated heterocycles. The van der Waals surface area contributed by atoms with Gasteiger partial charge in [-0.25, -0.2) is 0 Å². The molecule has 0 spiro atoms. The number of nitrogens with one attached hydrogen (secondary N) is 1. The van der Waals surface area contributed by atoms with Crippen molar-refractivity contribution in [2.24, 2.45) is 5.92 Å². The molecule has 1 atom stereocenters. The van der Waals surface area contributed by atoms with Gasteiger partial charge in [0.25, 0.3) is 0 Å². The van der Waals surface area contributed by atoms with Crippen molar-refractivity contribution < 1.29 is 4.79 Å². The van der Waals surface area contributed by atoms with Crippen molar-refractivity contribution in [3.05, 3.63) is 35.9 Å². The van der Waals surface area contributed by atoms with Gasteiger partial charge in [0.05, 0.1) is 5.92 Å². The number of nitrogens with zero attached hydrogens (tertiary/aromatic N) is 2. The van der Waals surface area contributed by atoms with E-state index in [2.05, 4.69) is 34.3 Å². The van der Waals surface area contributed by atoms with Crippen LogP contribution in [0.25, 0.3) is 0 Å². The summed E-state index contributed by atoms with van der Waals surface area (Å²) in [7, 11) is 2.20. The first-order chi connectivity index (χ1) is 11.2. The molecule has 0 radical (unpaired) electrons. The van der Waals surface area contributed by atoms with Crippen LogP contribution in [0.5, 0.6) is 0 Å². The van der Waals surface area contributed by atoms with Gasteiger partial charge in [0.2, 0.25) is 5.91 Å². The largest absolute Gasteiger partial charge is 0.352 e. The summed E-state index contributed by atoms with van der Waals surface area (Å²) in [5.74, 6) is 0.388. The van der Waals surface area contributed by atoms with Gasteiger partial charge >= 0.3 is 0 Å². The van der Waals surface area contributed by atoms with Crippen molar-refractivity contribution in [1.82, 2.24) is 15.1 Å². The van der Waals surface area contributed by atoms with Gasteiger partial charge in [-0.3, -0.25) is 9.69 Å². The molecule has 0 bridgehead atoms. The number of piperidine rings is 2. The molecule has 2 fully saturated rings. The van der Waals surface area contributed by atoms with E-state index in [1.165, 1.54) is 31.5 Å². The molecule has 2 aliphatic rings. The molecule has 0 saturated carbocycles. The fourth-order valence-electron chi connectivity index (χ4n) is 3.84. The van der Waals surface area contributed by atoms with Crippen molar-refractivity contribution in [2.75, 3.05) is 33.2 Å². The van der Waals surface area contributed by atoms with Crippen LogP contribution in [0.4, 0.5) is 0 Å². The van der Waals surface area contributed by atoms with Gasteiger partial charge in [-0.1, -0.05) is 30.3 Å². The number of hydrogen-bond donors (Lipinski definition) is 1. The fourth-order valence-corrected chi connectivity index (χ4v) is 3.84. The predicted molar refractivity (Wildman–Crippen MR) is 93.1 cm³/mol. The summed E-state index contributed by atoms with van der Waals surface area (Å²) in [6.07, 6.45) is 4.67. The number of amides is 1. The summed E-state index contributed by atoms with van der Waals surface area (Å²) in [6.45, 7) is 5.12. The van der Waals surface area contributed by atoms with E-state index in [1.54, 1.807) is 0 Å². The maximum absolute atomic E-state index is 12.5. The number of hydrogen-bond acceptors (Lipinski definition) is 3. The van der Waals surface area contributed by atoms with E-state index < -0.39 is 0 Å². The third kappa shape index (κ3) is 4.55. The van der Waals surface area contributed by atoms with Gasteiger partial charge in [0.15, 0.2) is 0 Å². The van der Waals surface area contributed by atoms with Crippen molar-refractivity contribution in [3.8, 4) is 0 Å². The minimum Gasteiger partial charge on any atom is -0.352 e. The van der Waals surface area contributed by atoms with Crippen LogP contribution in [0.2, 0.25) is 0 Å². The third-order valence-electron chi connectivity index (χ3n) is 5.34. The number of carbonyl (C=O) groups is 1. The molecule has 2 aliphatic heterocycles. The monoisotopic (exact) mass is 315 g/mol. The Labute approximate surface area is 139 Å². The van der Waals surface area contributed by atoms with Crippen molar-refractivity contribution >= 4 is 5.91 Å². The fraction of sp³-hybridized carbons (Fsp3) is 0.632. The van der Waals surface area contributed by atoms with Crippen LogP contribution >= 0.6 is 0 Å². The van der Waals surface area contributed by atoms with Gasteiger partial charge in [-0.2, -0.15) is 0 Å². The zero-order valence-electron chi connectivity index (χ0n) is 14.2. The van der Waals surface area contributed by atoms with Gasteiger partial charge < -0.3 is 10.2 Å². The maximum atomic E-state index is 12.5. The van der Waals surface area contributed by atoms with E-state index in [0.29, 0.717) is 12.6 Å². The highest BCUT2D eigenvalue weighted by atomic mass is 16.1. The topological polar surface area (TPSA) is 35.6 Å². The second kappa shape index (κ2) is 7.93. The summed E-state index contributed by atoms with van der Waals surface area (Å²) in [4.78, 5) is 17.5. The first-order valence-electron chi connectivity index (χ1n) is 8.96. The van der Waals surface area contributed by atoms with E-state index in [9.17, 15) is 4.79 Å². The Balaban J connectivity index is 1.48. The lowest BCUT2D eigenvalue weighted by Gasteiger charge is -2.41. The standard InChI is InChI=1S/C19H29N3O/c1-21-12-9-18(10-13-21)22-11-5-8-17(15-22)19(23)20-14-16-6-3-2-4-7-16/h2-4,6-7,17-18H,5,8-15H2,1H3,(H,20,23). The Kier molecular flexibility index (Phi) is 5.68. The molecule has 0 aliphatic carbocycles. The maximum Gasteiger partial charge on any atom is 0.224 e. The average Bonchev–Trinajstić information content (AvgIpc) is 2.61. The normalized spacial score (nSPS) is 24.5. The number of rotatable bonds is 4. The lowest BCUT2D eigenvalue weighted by Crippen LogP contribution is -2.50. The Morgan fingerprint density at radius 2 is 1.87 bits per heavy atom. The molecule has 4 heteroatoms. The van der Waals surface area contributed by atoms with E-state index >= 15 is 0 Å². The van der Waals surface area contributed by atoms with Crippen molar-refractivity contribution in [2.45, 2.75) is 38.3 Å². The molecule has 2 heterocycles. The van der Waals surface area contributed by atoms with Crippen LogP contribution in [0.1, 0.15) is 31.2 Å². The molecule has 0 aromatic heterocycles. The first-order valence-corrected chi connectivity index (χ1v) is 8.96. The molecule has 1 aromatic rings. The van der Waals surface area contributed by atoms with Crippen LogP contribution < -0.4 is 5.32 Å². The summed E-state index contributed by atoms with van der Waals surface area (Å²) < 4.78 is 0. The molecule has 23 heavy (non-hydrogen) atoms. The zero-order valence-corrected chi connectivity index (χ0v) is 14.2.